The summed E-state index contributed by atoms with van der Waals surface area (Å²) in [5, 5.41) is 0. The number of aromatic nitrogens is 3. The van der Waals surface area contributed by atoms with Gasteiger partial charge in [0.05, 0.1) is 5.56 Å². The van der Waals surface area contributed by atoms with Gasteiger partial charge in [-0.15, -0.1) is 6.58 Å². The SMILES string of the molecule is C=CC1CCN(C(=O)c2cnc(-c3cccnc3)nc2)C1. The van der Waals surface area contributed by atoms with E-state index in [4.69, 9.17) is 0 Å². The molecule has 3 heterocycles. The highest BCUT2D eigenvalue weighted by Crippen LogP contribution is 2.19. The molecule has 1 aliphatic rings. The molecule has 5 nitrogen and oxygen atoms in total. The zero-order chi connectivity index (χ0) is 14.7. The Bertz CT molecular complexity index is 639. The number of carbonyl (C=O) groups excluding carboxylic acids is 1. The summed E-state index contributed by atoms with van der Waals surface area (Å²) in [4.78, 5) is 26.7. The first-order chi connectivity index (χ1) is 10.3. The van der Waals surface area contributed by atoms with E-state index in [2.05, 4.69) is 21.5 Å². The second kappa shape index (κ2) is 5.83. The third kappa shape index (κ3) is 2.81. The van der Waals surface area contributed by atoms with Crippen molar-refractivity contribution in [2.75, 3.05) is 13.1 Å². The first-order valence-electron chi connectivity index (χ1n) is 6.92. The molecule has 106 valence electrons. The van der Waals surface area contributed by atoms with Gasteiger partial charge in [-0.2, -0.15) is 0 Å². The van der Waals surface area contributed by atoms with Gasteiger partial charge in [-0.05, 0) is 24.5 Å². The van der Waals surface area contributed by atoms with Crippen molar-refractivity contribution in [3.8, 4) is 11.4 Å². The smallest absolute Gasteiger partial charge is 0.257 e. The summed E-state index contributed by atoms with van der Waals surface area (Å²) in [5.41, 5.74) is 1.36. The Morgan fingerprint density at radius 3 is 2.76 bits per heavy atom. The molecule has 1 unspecified atom stereocenters. The molecule has 0 bridgehead atoms. The van der Waals surface area contributed by atoms with Crippen LogP contribution in [-0.4, -0.2) is 38.8 Å². The van der Waals surface area contributed by atoms with Crippen LogP contribution in [0.4, 0.5) is 0 Å². The third-order valence-electron chi connectivity index (χ3n) is 3.66. The standard InChI is InChI=1S/C16H16N4O/c1-2-12-5-7-20(11-12)16(21)14-9-18-15(19-10-14)13-4-3-6-17-8-13/h2-4,6,8-10,12H,1,5,7,11H2. The fourth-order valence-electron chi connectivity index (χ4n) is 2.43. The molecule has 1 saturated heterocycles. The van der Waals surface area contributed by atoms with Crippen LogP contribution in [0.25, 0.3) is 11.4 Å². The third-order valence-corrected chi connectivity index (χ3v) is 3.66. The molecule has 2 aromatic heterocycles. The molecule has 0 saturated carbocycles. The van der Waals surface area contributed by atoms with Gasteiger partial charge in [0, 0.05) is 43.4 Å². The van der Waals surface area contributed by atoms with Gasteiger partial charge in [-0.25, -0.2) is 9.97 Å². The van der Waals surface area contributed by atoms with Crippen LogP contribution in [0.5, 0.6) is 0 Å². The van der Waals surface area contributed by atoms with Gasteiger partial charge in [0.25, 0.3) is 5.91 Å². The van der Waals surface area contributed by atoms with Crippen LogP contribution in [0.1, 0.15) is 16.8 Å². The summed E-state index contributed by atoms with van der Waals surface area (Å²) in [7, 11) is 0. The van der Waals surface area contributed by atoms with Gasteiger partial charge in [-0.1, -0.05) is 6.08 Å². The zero-order valence-electron chi connectivity index (χ0n) is 11.6. The summed E-state index contributed by atoms with van der Waals surface area (Å²) in [6.45, 7) is 5.28. The lowest BCUT2D eigenvalue weighted by atomic mass is 10.1. The lowest BCUT2D eigenvalue weighted by Gasteiger charge is -2.15. The second-order valence-electron chi connectivity index (χ2n) is 5.07. The molecule has 3 rings (SSSR count). The van der Waals surface area contributed by atoms with Gasteiger partial charge >= 0.3 is 0 Å². The number of hydrogen-bond acceptors (Lipinski definition) is 4. The van der Waals surface area contributed by atoms with Gasteiger partial charge in [0.2, 0.25) is 0 Å². The minimum Gasteiger partial charge on any atom is -0.338 e. The number of pyridine rings is 1. The maximum atomic E-state index is 12.4. The highest BCUT2D eigenvalue weighted by Gasteiger charge is 2.25. The first kappa shape index (κ1) is 13.4. The molecule has 0 spiro atoms. The van der Waals surface area contributed by atoms with E-state index in [9.17, 15) is 4.79 Å². The van der Waals surface area contributed by atoms with Crippen molar-refractivity contribution in [1.82, 2.24) is 19.9 Å². The van der Waals surface area contributed by atoms with Crippen molar-refractivity contribution in [3.63, 3.8) is 0 Å². The normalized spacial score (nSPS) is 17.7. The maximum Gasteiger partial charge on any atom is 0.257 e. The lowest BCUT2D eigenvalue weighted by Crippen LogP contribution is -2.28. The summed E-state index contributed by atoms with van der Waals surface area (Å²) in [5.74, 6) is 0.951. The van der Waals surface area contributed by atoms with Crippen molar-refractivity contribution < 1.29 is 4.79 Å². The maximum absolute atomic E-state index is 12.4. The molecule has 0 aromatic carbocycles. The predicted molar refractivity (Wildman–Crippen MR) is 79.5 cm³/mol. The van der Waals surface area contributed by atoms with E-state index in [0.717, 1.165) is 25.1 Å². The molecule has 0 aliphatic carbocycles. The van der Waals surface area contributed by atoms with Crippen LogP contribution < -0.4 is 0 Å². The van der Waals surface area contributed by atoms with Crippen molar-refractivity contribution in [1.29, 1.82) is 0 Å². The van der Waals surface area contributed by atoms with Crippen molar-refractivity contribution >= 4 is 5.91 Å². The Balaban J connectivity index is 1.75. The molecule has 21 heavy (non-hydrogen) atoms. The number of hydrogen-bond donors (Lipinski definition) is 0. The van der Waals surface area contributed by atoms with Gasteiger partial charge in [-0.3, -0.25) is 9.78 Å². The van der Waals surface area contributed by atoms with E-state index in [1.165, 1.54) is 0 Å². The van der Waals surface area contributed by atoms with Crippen LogP contribution in [0.3, 0.4) is 0 Å². The molecule has 1 aliphatic heterocycles. The summed E-state index contributed by atoms with van der Waals surface area (Å²) in [6, 6.07) is 3.72. The fourth-order valence-corrected chi connectivity index (χ4v) is 2.43. The number of carbonyl (C=O) groups is 1. The Morgan fingerprint density at radius 1 is 1.33 bits per heavy atom. The van der Waals surface area contributed by atoms with Crippen molar-refractivity contribution in [2.45, 2.75) is 6.42 Å². The molecule has 1 amide bonds. The Labute approximate surface area is 123 Å². The molecule has 0 radical (unpaired) electrons. The molecule has 1 atom stereocenters. The highest BCUT2D eigenvalue weighted by atomic mass is 16.2. The average Bonchev–Trinajstić information content (AvgIpc) is 3.04. The van der Waals surface area contributed by atoms with E-state index < -0.39 is 0 Å². The number of amides is 1. The monoisotopic (exact) mass is 280 g/mol. The molecule has 0 N–H and O–H groups in total. The van der Waals surface area contributed by atoms with Crippen LogP contribution >= 0.6 is 0 Å². The van der Waals surface area contributed by atoms with Crippen molar-refractivity contribution in [2.24, 2.45) is 5.92 Å². The summed E-state index contributed by atoms with van der Waals surface area (Å²) in [6.07, 6.45) is 9.45. The first-order valence-corrected chi connectivity index (χ1v) is 6.92. The topological polar surface area (TPSA) is 59.0 Å². The van der Waals surface area contributed by atoms with Crippen LogP contribution in [0, 0.1) is 5.92 Å². The van der Waals surface area contributed by atoms with Crippen molar-refractivity contribution in [3.05, 3.63) is 55.1 Å². The second-order valence-corrected chi connectivity index (χ2v) is 5.07. The Morgan fingerprint density at radius 2 is 2.14 bits per heavy atom. The lowest BCUT2D eigenvalue weighted by molar-refractivity contribution is 0.0788. The van der Waals surface area contributed by atoms with Crippen LogP contribution in [-0.2, 0) is 0 Å². The Kier molecular flexibility index (Phi) is 3.73. The highest BCUT2D eigenvalue weighted by molar-refractivity contribution is 5.94. The fraction of sp³-hybridized carbons (Fsp3) is 0.250. The number of nitrogens with zero attached hydrogens (tertiary/aromatic N) is 4. The molecule has 5 heteroatoms. The predicted octanol–water partition coefficient (Wildman–Crippen LogP) is 2.19. The Hall–Kier alpha value is -2.56. The quantitative estimate of drug-likeness (QED) is 0.809. The number of rotatable bonds is 3. The molecule has 1 fully saturated rings. The summed E-state index contributed by atoms with van der Waals surface area (Å²) >= 11 is 0. The minimum atomic E-state index is -0.0166. The number of likely N-dealkylation sites (tertiary alicyclic amines) is 1. The zero-order valence-corrected chi connectivity index (χ0v) is 11.6. The average molecular weight is 280 g/mol. The summed E-state index contributed by atoms with van der Waals surface area (Å²) < 4.78 is 0. The molecule has 2 aromatic rings. The van der Waals surface area contributed by atoms with E-state index in [0.29, 0.717) is 17.3 Å². The largest absolute Gasteiger partial charge is 0.338 e. The molecular weight excluding hydrogens is 264 g/mol. The van der Waals surface area contributed by atoms with Gasteiger partial charge < -0.3 is 4.90 Å². The molecular formula is C16H16N4O. The van der Waals surface area contributed by atoms with Gasteiger partial charge in [0.15, 0.2) is 5.82 Å². The van der Waals surface area contributed by atoms with E-state index in [-0.39, 0.29) is 5.91 Å². The van der Waals surface area contributed by atoms with E-state index in [1.807, 2.05) is 23.1 Å². The van der Waals surface area contributed by atoms with E-state index in [1.54, 1.807) is 24.8 Å². The van der Waals surface area contributed by atoms with Crippen LogP contribution in [0.2, 0.25) is 0 Å². The van der Waals surface area contributed by atoms with Crippen LogP contribution in [0.15, 0.2) is 49.6 Å². The minimum absolute atomic E-state index is 0.0166. The van der Waals surface area contributed by atoms with E-state index >= 15 is 0 Å². The van der Waals surface area contributed by atoms with Gasteiger partial charge in [0.1, 0.15) is 0 Å².